The van der Waals surface area contributed by atoms with E-state index in [9.17, 15) is 19.1 Å². The summed E-state index contributed by atoms with van der Waals surface area (Å²) >= 11 is 0. The van der Waals surface area contributed by atoms with Crippen molar-refractivity contribution in [3.63, 3.8) is 0 Å². The number of carboxylic acids is 1. The highest BCUT2D eigenvalue weighted by atomic mass is 19.1. The van der Waals surface area contributed by atoms with E-state index in [4.69, 9.17) is 5.11 Å². The summed E-state index contributed by atoms with van der Waals surface area (Å²) < 4.78 is 31.2. The molecule has 204 valence electrons. The van der Waals surface area contributed by atoms with Crippen molar-refractivity contribution in [1.82, 2.24) is 29.6 Å². The van der Waals surface area contributed by atoms with Crippen molar-refractivity contribution >= 4 is 22.8 Å². The normalized spacial score (nSPS) is 13.1. The van der Waals surface area contributed by atoms with E-state index < -0.39 is 23.4 Å². The van der Waals surface area contributed by atoms with E-state index in [1.165, 1.54) is 35.0 Å². The Bertz CT molecular complexity index is 1800. The van der Waals surface area contributed by atoms with Gasteiger partial charge in [-0.2, -0.15) is 5.10 Å². The fourth-order valence-corrected chi connectivity index (χ4v) is 5.14. The lowest BCUT2D eigenvalue weighted by Gasteiger charge is -2.26. The molecule has 6 rings (SSSR count). The van der Waals surface area contributed by atoms with Gasteiger partial charge in [-0.15, -0.1) is 0 Å². The summed E-state index contributed by atoms with van der Waals surface area (Å²) in [6, 6.07) is 6.97. The van der Waals surface area contributed by atoms with Gasteiger partial charge in [-0.25, -0.2) is 18.6 Å². The number of halogens is 2. The number of nitrogens with one attached hydrogen (secondary N) is 2. The topological polar surface area (TPSA) is 140 Å². The number of benzene rings is 2. The molecule has 40 heavy (non-hydrogen) atoms. The Morgan fingerprint density at radius 3 is 2.73 bits per heavy atom. The van der Waals surface area contributed by atoms with Crippen molar-refractivity contribution in [3.8, 4) is 28.4 Å². The highest BCUT2D eigenvalue weighted by Crippen LogP contribution is 2.35. The third kappa shape index (κ3) is 4.36. The van der Waals surface area contributed by atoms with Crippen LogP contribution in [0, 0.1) is 11.6 Å². The van der Waals surface area contributed by atoms with Crippen LogP contribution >= 0.6 is 0 Å². The smallest absolute Gasteiger partial charge is 0.337 e. The summed E-state index contributed by atoms with van der Waals surface area (Å²) in [7, 11) is 0. The minimum absolute atomic E-state index is 0.00579. The monoisotopic (exact) mass is 546 g/mol. The molecule has 1 aliphatic heterocycles. The molecule has 0 fully saturated rings. The lowest BCUT2D eigenvalue weighted by atomic mass is 9.96. The highest BCUT2D eigenvalue weighted by Gasteiger charge is 2.26. The van der Waals surface area contributed by atoms with Gasteiger partial charge in [0.15, 0.2) is 17.4 Å². The van der Waals surface area contributed by atoms with Crippen LogP contribution in [0.5, 0.6) is 5.75 Å². The first-order chi connectivity index (χ1) is 19.2. The highest BCUT2D eigenvalue weighted by molar-refractivity contribution is 5.95. The van der Waals surface area contributed by atoms with Crippen LogP contribution in [0.3, 0.4) is 0 Å². The minimum atomic E-state index is -1.06. The molecule has 0 radical (unpaired) electrons. The zero-order valence-corrected chi connectivity index (χ0v) is 21.3. The molecule has 12 heteroatoms. The third-order valence-electron chi connectivity index (χ3n) is 7.20. The van der Waals surface area contributed by atoms with Gasteiger partial charge in [0.2, 0.25) is 5.91 Å². The van der Waals surface area contributed by atoms with Crippen LogP contribution in [0.15, 0.2) is 42.7 Å². The molecule has 4 heterocycles. The van der Waals surface area contributed by atoms with E-state index in [0.717, 1.165) is 5.69 Å². The van der Waals surface area contributed by atoms with E-state index >= 15 is 4.39 Å². The van der Waals surface area contributed by atoms with Crippen LogP contribution in [0.4, 0.5) is 8.78 Å². The molecule has 10 nitrogen and oxygen atoms in total. The number of aromatic nitrogens is 5. The Morgan fingerprint density at radius 1 is 1.15 bits per heavy atom. The molecule has 0 saturated heterocycles. The fourth-order valence-electron chi connectivity index (χ4n) is 5.14. The van der Waals surface area contributed by atoms with Gasteiger partial charge in [0.25, 0.3) is 0 Å². The molecule has 0 unspecified atom stereocenters. The molecule has 0 saturated carbocycles. The number of rotatable bonds is 6. The van der Waals surface area contributed by atoms with E-state index in [2.05, 4.69) is 20.2 Å². The van der Waals surface area contributed by atoms with E-state index in [-0.39, 0.29) is 35.6 Å². The summed E-state index contributed by atoms with van der Waals surface area (Å²) in [6.45, 7) is 2.58. The number of phenols is 1. The summed E-state index contributed by atoms with van der Waals surface area (Å²) in [6.07, 6.45) is 3.97. The van der Waals surface area contributed by atoms with Gasteiger partial charge in [0.1, 0.15) is 18.1 Å². The number of carbonyl (C=O) groups is 2. The van der Waals surface area contributed by atoms with Gasteiger partial charge in [-0.1, -0.05) is 6.92 Å². The largest absolute Gasteiger partial charge is 0.505 e. The maximum Gasteiger partial charge on any atom is 0.337 e. The van der Waals surface area contributed by atoms with E-state index in [1.54, 1.807) is 17.2 Å². The molecule has 3 aromatic heterocycles. The summed E-state index contributed by atoms with van der Waals surface area (Å²) in [5, 5.41) is 26.2. The Balaban J connectivity index is 1.26. The van der Waals surface area contributed by atoms with Crippen molar-refractivity contribution < 1.29 is 28.6 Å². The Morgan fingerprint density at radius 2 is 1.98 bits per heavy atom. The molecular weight excluding hydrogens is 522 g/mol. The first-order valence-electron chi connectivity index (χ1n) is 12.7. The van der Waals surface area contributed by atoms with Crippen LogP contribution in [-0.2, 0) is 30.7 Å². The number of aromatic amines is 2. The summed E-state index contributed by atoms with van der Waals surface area (Å²) in [5.41, 5.74) is 3.87. The van der Waals surface area contributed by atoms with Gasteiger partial charge in [0, 0.05) is 25.4 Å². The number of hydrogen-bond acceptors (Lipinski definition) is 5. The fraction of sp³-hybridized carbons (Fsp3) is 0.214. The molecular formula is C28H24F2N6O4. The predicted octanol–water partition coefficient (Wildman–Crippen LogP) is 4.25. The van der Waals surface area contributed by atoms with Gasteiger partial charge in [-0.05, 0) is 53.4 Å². The van der Waals surface area contributed by atoms with Gasteiger partial charge < -0.3 is 24.7 Å². The number of imidazole rings is 1. The quantitative estimate of drug-likeness (QED) is 0.251. The van der Waals surface area contributed by atoms with Gasteiger partial charge in [0.05, 0.1) is 34.4 Å². The number of nitrogens with zero attached hydrogens (tertiary/aromatic N) is 4. The molecule has 2 aromatic carbocycles. The van der Waals surface area contributed by atoms with Crippen LogP contribution in [0.2, 0.25) is 0 Å². The second-order valence-electron chi connectivity index (χ2n) is 9.72. The van der Waals surface area contributed by atoms with Crippen LogP contribution in [0.1, 0.15) is 34.2 Å². The first-order valence-corrected chi connectivity index (χ1v) is 12.7. The van der Waals surface area contributed by atoms with Crippen LogP contribution in [0.25, 0.3) is 33.5 Å². The van der Waals surface area contributed by atoms with Crippen molar-refractivity contribution in [2.24, 2.45) is 0 Å². The van der Waals surface area contributed by atoms with E-state index in [0.29, 0.717) is 53.1 Å². The SMILES string of the molecule is CCc1cc(O)c(F)cc1-c1cc(F)c2c(-c3nc4c([nH]3)CN(C(=O)Cn3ccc(C(=O)O)c3)CC4)n[nH]c2c1. The standard InChI is InChI=1S/C28H24F2N6O4/c1-2-14-9-23(37)18(29)10-17(14)16-7-19(30)25-21(8-16)33-34-26(25)27-31-20-4-6-36(12-22(20)32-27)24(38)13-35-5-3-15(11-35)28(39)40/h3,5,7-11,37H,2,4,6,12-13H2,1H3,(H,31,32)(H,33,34)(H,39,40). The Labute approximate surface area is 225 Å². The zero-order chi connectivity index (χ0) is 28.1. The first kappa shape index (κ1) is 25.3. The van der Waals surface area contributed by atoms with Crippen LogP contribution in [-0.4, -0.2) is 58.3 Å². The second-order valence-corrected chi connectivity index (χ2v) is 9.72. The summed E-state index contributed by atoms with van der Waals surface area (Å²) in [4.78, 5) is 33.4. The number of hydrogen-bond donors (Lipinski definition) is 4. The lowest BCUT2D eigenvalue weighted by molar-refractivity contribution is -0.132. The van der Waals surface area contributed by atoms with Crippen molar-refractivity contribution in [2.45, 2.75) is 32.9 Å². The molecule has 0 aliphatic carbocycles. The van der Waals surface area contributed by atoms with E-state index in [1.807, 2.05) is 6.92 Å². The number of aromatic hydroxyl groups is 1. The number of fused-ring (bicyclic) bond motifs is 2. The van der Waals surface area contributed by atoms with Crippen LogP contribution < -0.4 is 0 Å². The average molecular weight is 547 g/mol. The number of aromatic carboxylic acids is 1. The molecule has 0 atom stereocenters. The van der Waals surface area contributed by atoms with Crippen molar-refractivity contribution in [3.05, 3.63) is 76.9 Å². The second kappa shape index (κ2) is 9.63. The molecule has 5 aromatic rings. The number of phenolic OH excluding ortho intramolecular Hbond substituents is 1. The number of carboxylic acid groups (broad SMARTS) is 1. The third-order valence-corrected chi connectivity index (χ3v) is 7.20. The Kier molecular flexibility index (Phi) is 6.09. The summed E-state index contributed by atoms with van der Waals surface area (Å²) in [5.74, 6) is -2.67. The number of amides is 1. The maximum absolute atomic E-state index is 15.5. The number of carbonyl (C=O) groups excluding carboxylic acids is 1. The number of H-pyrrole nitrogens is 2. The van der Waals surface area contributed by atoms with Gasteiger partial charge >= 0.3 is 5.97 Å². The molecule has 4 N–H and O–H groups in total. The zero-order valence-electron chi connectivity index (χ0n) is 21.3. The lowest BCUT2D eigenvalue weighted by Crippen LogP contribution is -2.37. The van der Waals surface area contributed by atoms with Gasteiger partial charge in [-0.3, -0.25) is 9.89 Å². The molecule has 1 amide bonds. The van der Waals surface area contributed by atoms with Crippen molar-refractivity contribution in [2.75, 3.05) is 6.54 Å². The van der Waals surface area contributed by atoms with Crippen molar-refractivity contribution in [1.29, 1.82) is 0 Å². The predicted molar refractivity (Wildman–Crippen MR) is 141 cm³/mol. The maximum atomic E-state index is 15.5. The molecule has 1 aliphatic rings. The molecule has 0 bridgehead atoms. The number of aryl methyl sites for hydroxylation is 1. The molecule has 0 spiro atoms. The minimum Gasteiger partial charge on any atom is -0.505 e. The Hall–Kier alpha value is -5.00. The average Bonchev–Trinajstić information content (AvgIpc) is 3.67.